The van der Waals surface area contributed by atoms with Crippen LogP contribution in [0.25, 0.3) is 0 Å². The zero-order valence-corrected chi connectivity index (χ0v) is 31.0. The van der Waals surface area contributed by atoms with Crippen molar-refractivity contribution >= 4 is 40.9 Å². The number of rotatable bonds is 15. The predicted molar refractivity (Wildman–Crippen MR) is 185 cm³/mol. The normalized spacial score (nSPS) is 18.0. The van der Waals surface area contributed by atoms with E-state index in [0.717, 1.165) is 17.3 Å². The van der Waals surface area contributed by atoms with Crippen molar-refractivity contribution in [1.82, 2.24) is 21.3 Å². The van der Waals surface area contributed by atoms with E-state index in [9.17, 15) is 24.0 Å². The molecule has 0 spiro atoms. The molecule has 1 fully saturated rings. The number of methoxy groups -OCH3 is 1. The van der Waals surface area contributed by atoms with Crippen molar-refractivity contribution in [2.75, 3.05) is 39.1 Å². The molecular formula is C34H54N4O10S. The van der Waals surface area contributed by atoms with Crippen LogP contribution < -0.4 is 26.0 Å². The van der Waals surface area contributed by atoms with Gasteiger partial charge >= 0.3 is 12.2 Å². The van der Waals surface area contributed by atoms with Crippen LogP contribution in [-0.4, -0.2) is 91.6 Å². The Morgan fingerprint density at radius 2 is 1.53 bits per heavy atom. The van der Waals surface area contributed by atoms with Crippen molar-refractivity contribution in [1.29, 1.82) is 0 Å². The third-order valence-electron chi connectivity index (χ3n) is 6.84. The molecule has 4 amide bonds. The predicted octanol–water partition coefficient (Wildman–Crippen LogP) is 4.22. The van der Waals surface area contributed by atoms with Gasteiger partial charge in [-0.3, -0.25) is 14.4 Å². The standard InChI is InChI=1S/C34H54N4O10S/c1-32(2,3)47-30(42)37-17-10-11-24(38-31(43)48-33(4,5)6)28(41)49-20-19-35-25(39)16-18-36-27(40)26-34(7,8)21-45-29(46-26)22-12-14-23(44-9)15-13-22/h12-15,24,26,29H,10-11,16-21H2,1-9H3,(H,35,39)(H,36,40)(H,37,42)(H,38,43)/t24-,26-,29?/m0/s1. The number of carbonyl (C=O) groups is 5. The summed E-state index contributed by atoms with van der Waals surface area (Å²) in [6.07, 6.45) is -2.13. The number of carbonyl (C=O) groups excluding carboxylic acids is 5. The lowest BCUT2D eigenvalue weighted by Crippen LogP contribution is -2.52. The monoisotopic (exact) mass is 710 g/mol. The number of ether oxygens (including phenoxy) is 5. The Kier molecular flexibility index (Phi) is 16.1. The average molecular weight is 711 g/mol. The van der Waals surface area contributed by atoms with E-state index in [2.05, 4.69) is 21.3 Å². The summed E-state index contributed by atoms with van der Waals surface area (Å²) in [7, 11) is 1.58. The number of thioether (sulfide) groups is 1. The molecule has 2 rings (SSSR count). The lowest BCUT2D eigenvalue weighted by atomic mass is 9.85. The van der Waals surface area contributed by atoms with Gasteiger partial charge in [0.15, 0.2) is 6.29 Å². The van der Waals surface area contributed by atoms with Gasteiger partial charge in [0.2, 0.25) is 16.9 Å². The second-order valence-electron chi connectivity index (χ2n) is 14.2. The summed E-state index contributed by atoms with van der Waals surface area (Å²) in [5, 5.41) is 10.5. The topological polar surface area (TPSA) is 180 Å². The van der Waals surface area contributed by atoms with Gasteiger partial charge in [-0.05, 0) is 66.5 Å². The number of alkyl carbamates (subject to hydrolysis) is 2. The maximum atomic E-state index is 13.1. The summed E-state index contributed by atoms with van der Waals surface area (Å²) in [6, 6.07) is 6.34. The Balaban J connectivity index is 1.78. The molecule has 1 aliphatic heterocycles. The van der Waals surface area contributed by atoms with Crippen molar-refractivity contribution in [3.05, 3.63) is 29.8 Å². The first-order valence-electron chi connectivity index (χ1n) is 16.4. The molecular weight excluding hydrogens is 656 g/mol. The molecule has 1 unspecified atom stereocenters. The maximum Gasteiger partial charge on any atom is 0.408 e. The Bertz CT molecular complexity index is 1260. The fourth-order valence-corrected chi connectivity index (χ4v) is 5.28. The summed E-state index contributed by atoms with van der Waals surface area (Å²) in [6.45, 7) is 15.0. The van der Waals surface area contributed by atoms with Gasteiger partial charge in [0.25, 0.3) is 0 Å². The van der Waals surface area contributed by atoms with Gasteiger partial charge in [-0.25, -0.2) is 9.59 Å². The molecule has 0 bridgehead atoms. The fraction of sp³-hybridized carbons (Fsp3) is 0.676. The summed E-state index contributed by atoms with van der Waals surface area (Å²) in [5.41, 5.74) is -1.22. The quantitative estimate of drug-likeness (QED) is 0.192. The minimum Gasteiger partial charge on any atom is -0.497 e. The van der Waals surface area contributed by atoms with Crippen molar-refractivity contribution in [3.63, 3.8) is 0 Å². The van der Waals surface area contributed by atoms with E-state index in [1.54, 1.807) is 60.8 Å². The molecule has 1 aromatic rings. The van der Waals surface area contributed by atoms with Crippen LogP contribution in [0.4, 0.5) is 9.59 Å². The van der Waals surface area contributed by atoms with E-state index in [-0.39, 0.29) is 55.2 Å². The van der Waals surface area contributed by atoms with E-state index in [4.69, 9.17) is 23.7 Å². The van der Waals surface area contributed by atoms with Crippen LogP contribution in [0, 0.1) is 5.41 Å². The summed E-state index contributed by atoms with van der Waals surface area (Å²) in [5.74, 6) is 0.314. The van der Waals surface area contributed by atoms with Crippen molar-refractivity contribution < 1.29 is 47.7 Å². The van der Waals surface area contributed by atoms with Gasteiger partial charge in [0.05, 0.1) is 13.7 Å². The molecule has 15 heteroatoms. The maximum absolute atomic E-state index is 13.1. The van der Waals surface area contributed by atoms with Crippen LogP contribution in [0.2, 0.25) is 0 Å². The van der Waals surface area contributed by atoms with Gasteiger partial charge in [-0.2, -0.15) is 0 Å². The summed E-state index contributed by atoms with van der Waals surface area (Å²) < 4.78 is 27.6. The van der Waals surface area contributed by atoms with E-state index >= 15 is 0 Å². The molecule has 1 heterocycles. The number of hydrogen-bond donors (Lipinski definition) is 4. The smallest absolute Gasteiger partial charge is 0.408 e. The molecule has 0 aliphatic carbocycles. The van der Waals surface area contributed by atoms with Crippen LogP contribution in [0.5, 0.6) is 5.75 Å². The molecule has 1 saturated heterocycles. The highest BCUT2D eigenvalue weighted by molar-refractivity contribution is 8.13. The van der Waals surface area contributed by atoms with Crippen LogP contribution >= 0.6 is 11.8 Å². The molecule has 14 nitrogen and oxygen atoms in total. The number of nitrogens with one attached hydrogen (secondary N) is 4. The zero-order valence-electron chi connectivity index (χ0n) is 30.2. The van der Waals surface area contributed by atoms with Crippen LogP contribution in [0.3, 0.4) is 0 Å². The minimum atomic E-state index is -0.868. The first-order chi connectivity index (χ1) is 22.8. The number of amides is 4. The van der Waals surface area contributed by atoms with Crippen LogP contribution in [0.1, 0.15) is 86.5 Å². The molecule has 1 aromatic carbocycles. The van der Waals surface area contributed by atoms with E-state index in [0.29, 0.717) is 18.8 Å². The second-order valence-corrected chi connectivity index (χ2v) is 15.3. The molecule has 4 N–H and O–H groups in total. The summed E-state index contributed by atoms with van der Waals surface area (Å²) >= 11 is 0.965. The molecule has 0 saturated carbocycles. The van der Waals surface area contributed by atoms with Gasteiger partial charge < -0.3 is 45.0 Å². The fourth-order valence-electron chi connectivity index (χ4n) is 4.50. The highest BCUT2D eigenvalue weighted by Gasteiger charge is 2.43. The van der Waals surface area contributed by atoms with E-state index < -0.39 is 47.2 Å². The minimum absolute atomic E-state index is 0.0311. The first-order valence-corrected chi connectivity index (χ1v) is 17.4. The van der Waals surface area contributed by atoms with Gasteiger partial charge in [-0.1, -0.05) is 37.7 Å². The van der Waals surface area contributed by atoms with E-state index in [1.165, 1.54) is 0 Å². The Morgan fingerprint density at radius 3 is 2.14 bits per heavy atom. The Morgan fingerprint density at radius 1 is 0.898 bits per heavy atom. The Hall–Kier alpha value is -3.56. The second kappa shape index (κ2) is 19.0. The molecule has 0 aromatic heterocycles. The SMILES string of the molecule is COc1ccc(C2OCC(C)(C)[C@H](C(=O)NCCC(=O)NCCSC(=O)[C@H](CCCNC(=O)OC(C)(C)C)NC(=O)OC(C)(C)C)O2)cc1. The van der Waals surface area contributed by atoms with Crippen molar-refractivity contribution in [3.8, 4) is 5.75 Å². The third kappa shape index (κ3) is 16.1. The molecule has 3 atom stereocenters. The van der Waals surface area contributed by atoms with Gasteiger partial charge in [0.1, 0.15) is 29.1 Å². The van der Waals surface area contributed by atoms with Gasteiger partial charge in [-0.15, -0.1) is 0 Å². The highest BCUT2D eigenvalue weighted by Crippen LogP contribution is 2.37. The first kappa shape index (κ1) is 41.6. The van der Waals surface area contributed by atoms with E-state index in [1.807, 2.05) is 26.0 Å². The lowest BCUT2D eigenvalue weighted by Gasteiger charge is -2.41. The molecule has 276 valence electrons. The van der Waals surface area contributed by atoms with Crippen LogP contribution in [0.15, 0.2) is 24.3 Å². The van der Waals surface area contributed by atoms with Crippen molar-refractivity contribution in [2.24, 2.45) is 5.41 Å². The number of benzene rings is 1. The highest BCUT2D eigenvalue weighted by atomic mass is 32.2. The molecule has 49 heavy (non-hydrogen) atoms. The third-order valence-corrected chi connectivity index (χ3v) is 7.81. The average Bonchev–Trinajstić information content (AvgIpc) is 2.98. The van der Waals surface area contributed by atoms with Crippen LogP contribution in [-0.2, 0) is 33.3 Å². The summed E-state index contributed by atoms with van der Waals surface area (Å²) in [4.78, 5) is 62.8. The lowest BCUT2D eigenvalue weighted by molar-refractivity contribution is -0.258. The zero-order chi connectivity index (χ0) is 36.8. The largest absolute Gasteiger partial charge is 0.497 e. The number of hydrogen-bond acceptors (Lipinski definition) is 11. The molecule has 0 radical (unpaired) electrons. The van der Waals surface area contributed by atoms with Crippen molar-refractivity contribution in [2.45, 2.75) is 104 Å². The Labute approximate surface area is 293 Å². The van der Waals surface area contributed by atoms with Gasteiger partial charge in [0, 0.05) is 42.8 Å². The molecule has 1 aliphatic rings.